The van der Waals surface area contributed by atoms with Gasteiger partial charge in [0.15, 0.2) is 0 Å². The zero-order chi connectivity index (χ0) is 13.7. The number of rotatable bonds is 4. The highest BCUT2D eigenvalue weighted by Gasteiger charge is 2.43. The number of carbonyl (C=O) groups excluding carboxylic acids is 1. The minimum absolute atomic E-state index is 0.119. The van der Waals surface area contributed by atoms with Crippen molar-refractivity contribution in [3.8, 4) is 0 Å². The van der Waals surface area contributed by atoms with E-state index in [9.17, 15) is 14.9 Å². The molecule has 0 aliphatic heterocycles. The average Bonchev–Trinajstić information content (AvgIpc) is 2.46. The van der Waals surface area contributed by atoms with Crippen molar-refractivity contribution in [2.75, 3.05) is 6.54 Å². The lowest BCUT2D eigenvalue weighted by Gasteiger charge is -2.29. The Kier molecular flexibility index (Phi) is 4.14. The summed E-state index contributed by atoms with van der Waals surface area (Å²) in [5.41, 5.74) is -0.431. The summed E-state index contributed by atoms with van der Waals surface area (Å²) in [6.45, 7) is 0.119. The van der Waals surface area contributed by atoms with Crippen LogP contribution in [0.4, 0.5) is 0 Å². The Morgan fingerprint density at radius 1 is 1.21 bits per heavy atom. The molecule has 1 N–H and O–H groups in total. The van der Waals surface area contributed by atoms with Crippen molar-refractivity contribution in [2.24, 2.45) is 0 Å². The first-order valence-electron chi connectivity index (χ1n) is 6.62. The smallest absolute Gasteiger partial charge is 0.251 e. The molecule has 0 bridgehead atoms. The highest BCUT2D eigenvalue weighted by atomic mass is 16.6. The first-order valence-corrected chi connectivity index (χ1v) is 6.62. The number of benzene rings is 1. The van der Waals surface area contributed by atoms with E-state index in [1.807, 2.05) is 6.07 Å². The van der Waals surface area contributed by atoms with Crippen molar-refractivity contribution >= 4 is 5.91 Å². The van der Waals surface area contributed by atoms with Crippen molar-refractivity contribution in [1.82, 2.24) is 5.32 Å². The zero-order valence-corrected chi connectivity index (χ0v) is 10.8. The van der Waals surface area contributed by atoms with E-state index in [4.69, 9.17) is 0 Å². The third kappa shape index (κ3) is 3.10. The summed E-state index contributed by atoms with van der Waals surface area (Å²) in [6, 6.07) is 8.79. The molecule has 1 fully saturated rings. The molecular formula is C14H18N2O3. The molecule has 1 amide bonds. The Labute approximate surface area is 112 Å². The number of nitro groups is 1. The van der Waals surface area contributed by atoms with E-state index in [2.05, 4.69) is 5.32 Å². The minimum Gasteiger partial charge on any atom is -0.345 e. The van der Waals surface area contributed by atoms with Crippen molar-refractivity contribution in [2.45, 2.75) is 37.6 Å². The van der Waals surface area contributed by atoms with Gasteiger partial charge in [-0.3, -0.25) is 14.9 Å². The predicted molar refractivity (Wildman–Crippen MR) is 71.6 cm³/mol. The quantitative estimate of drug-likeness (QED) is 0.669. The third-order valence-corrected chi connectivity index (χ3v) is 3.79. The molecule has 0 saturated heterocycles. The molecule has 0 spiro atoms. The van der Waals surface area contributed by atoms with E-state index in [-0.39, 0.29) is 17.4 Å². The molecular weight excluding hydrogens is 244 g/mol. The van der Waals surface area contributed by atoms with E-state index in [1.165, 1.54) is 0 Å². The maximum Gasteiger partial charge on any atom is 0.251 e. The number of hydrogen-bond donors (Lipinski definition) is 1. The number of carbonyl (C=O) groups is 1. The zero-order valence-electron chi connectivity index (χ0n) is 10.8. The molecule has 102 valence electrons. The lowest BCUT2D eigenvalue weighted by Crippen LogP contribution is -2.50. The fraction of sp³-hybridized carbons (Fsp3) is 0.500. The van der Waals surface area contributed by atoms with Crippen LogP contribution in [0.15, 0.2) is 30.3 Å². The number of hydrogen-bond acceptors (Lipinski definition) is 3. The molecule has 0 atom stereocenters. The fourth-order valence-electron chi connectivity index (χ4n) is 2.57. The molecule has 1 saturated carbocycles. The SMILES string of the molecule is O=C(NCC1([N+](=O)[O-])CCCCC1)c1ccccc1. The van der Waals surface area contributed by atoms with Crippen molar-refractivity contribution in [3.63, 3.8) is 0 Å². The lowest BCUT2D eigenvalue weighted by atomic mass is 9.82. The summed E-state index contributed by atoms with van der Waals surface area (Å²) in [6.07, 6.45) is 3.87. The van der Waals surface area contributed by atoms with Crippen LogP contribution in [-0.4, -0.2) is 22.9 Å². The van der Waals surface area contributed by atoms with Crippen LogP contribution < -0.4 is 5.32 Å². The normalized spacial score (nSPS) is 17.7. The molecule has 0 radical (unpaired) electrons. The van der Waals surface area contributed by atoms with Gasteiger partial charge in [0.1, 0.15) is 0 Å². The molecule has 0 unspecified atom stereocenters. The average molecular weight is 262 g/mol. The van der Waals surface area contributed by atoms with Crippen molar-refractivity contribution in [1.29, 1.82) is 0 Å². The van der Waals surface area contributed by atoms with Gasteiger partial charge in [-0.1, -0.05) is 24.6 Å². The number of amides is 1. The molecule has 19 heavy (non-hydrogen) atoms. The summed E-state index contributed by atoms with van der Waals surface area (Å²) in [4.78, 5) is 23.0. The van der Waals surface area contributed by atoms with Crippen LogP contribution in [0, 0.1) is 10.1 Å². The second-order valence-corrected chi connectivity index (χ2v) is 5.09. The Balaban J connectivity index is 2.00. The van der Waals surface area contributed by atoms with Crippen LogP contribution in [0.25, 0.3) is 0 Å². The summed E-state index contributed by atoms with van der Waals surface area (Å²) >= 11 is 0. The molecule has 1 aliphatic carbocycles. The van der Waals surface area contributed by atoms with Crippen LogP contribution in [0.1, 0.15) is 42.5 Å². The van der Waals surface area contributed by atoms with E-state index < -0.39 is 5.54 Å². The molecule has 5 nitrogen and oxygen atoms in total. The molecule has 0 heterocycles. The Hall–Kier alpha value is -1.91. The van der Waals surface area contributed by atoms with Gasteiger partial charge < -0.3 is 5.32 Å². The largest absolute Gasteiger partial charge is 0.345 e. The van der Waals surface area contributed by atoms with E-state index in [0.29, 0.717) is 18.4 Å². The van der Waals surface area contributed by atoms with Gasteiger partial charge in [0.2, 0.25) is 5.54 Å². The molecule has 1 aliphatic rings. The Morgan fingerprint density at radius 2 is 1.84 bits per heavy atom. The van der Waals surface area contributed by atoms with Gasteiger partial charge in [-0.25, -0.2) is 0 Å². The van der Waals surface area contributed by atoms with Crippen LogP contribution in [-0.2, 0) is 0 Å². The number of nitrogens with one attached hydrogen (secondary N) is 1. The lowest BCUT2D eigenvalue weighted by molar-refractivity contribution is -0.572. The van der Waals surface area contributed by atoms with Crippen LogP contribution in [0.5, 0.6) is 0 Å². The standard InChI is InChI=1S/C14H18N2O3/c17-13(12-7-3-1-4-8-12)15-11-14(16(18)19)9-5-2-6-10-14/h1,3-4,7-8H,2,5-6,9-11H2,(H,15,17). The number of nitrogens with zero attached hydrogens (tertiary/aromatic N) is 1. The van der Waals surface area contributed by atoms with E-state index >= 15 is 0 Å². The maximum absolute atomic E-state index is 11.9. The molecule has 5 heteroatoms. The Morgan fingerprint density at radius 3 is 2.42 bits per heavy atom. The first-order chi connectivity index (χ1) is 9.14. The van der Waals surface area contributed by atoms with E-state index in [0.717, 1.165) is 19.3 Å². The van der Waals surface area contributed by atoms with Gasteiger partial charge in [0.25, 0.3) is 5.91 Å². The van der Waals surface area contributed by atoms with Gasteiger partial charge in [0.05, 0.1) is 6.54 Å². The van der Waals surface area contributed by atoms with Crippen LogP contribution in [0.3, 0.4) is 0 Å². The summed E-state index contributed by atoms with van der Waals surface area (Å²) in [5, 5.41) is 14.0. The fourth-order valence-corrected chi connectivity index (χ4v) is 2.57. The van der Waals surface area contributed by atoms with Gasteiger partial charge in [-0.2, -0.15) is 0 Å². The van der Waals surface area contributed by atoms with E-state index in [1.54, 1.807) is 24.3 Å². The second-order valence-electron chi connectivity index (χ2n) is 5.09. The summed E-state index contributed by atoms with van der Waals surface area (Å²) in [5.74, 6) is -0.243. The predicted octanol–water partition coefficient (Wildman–Crippen LogP) is 2.40. The second kappa shape index (κ2) is 5.82. The van der Waals surface area contributed by atoms with Gasteiger partial charge in [-0.05, 0) is 25.0 Å². The third-order valence-electron chi connectivity index (χ3n) is 3.79. The van der Waals surface area contributed by atoms with Gasteiger partial charge in [-0.15, -0.1) is 0 Å². The maximum atomic E-state index is 11.9. The minimum atomic E-state index is -0.970. The van der Waals surface area contributed by atoms with Crippen LogP contribution in [0.2, 0.25) is 0 Å². The highest BCUT2D eigenvalue weighted by Crippen LogP contribution is 2.30. The highest BCUT2D eigenvalue weighted by molar-refractivity contribution is 5.94. The van der Waals surface area contributed by atoms with Crippen LogP contribution >= 0.6 is 0 Å². The molecule has 0 aromatic heterocycles. The van der Waals surface area contributed by atoms with Crippen molar-refractivity contribution in [3.05, 3.63) is 46.0 Å². The molecule has 1 aromatic carbocycles. The summed E-state index contributed by atoms with van der Waals surface area (Å²) < 4.78 is 0. The summed E-state index contributed by atoms with van der Waals surface area (Å²) in [7, 11) is 0. The monoisotopic (exact) mass is 262 g/mol. The molecule has 1 aromatic rings. The van der Waals surface area contributed by atoms with Gasteiger partial charge >= 0.3 is 0 Å². The topological polar surface area (TPSA) is 72.2 Å². The van der Waals surface area contributed by atoms with Crippen molar-refractivity contribution < 1.29 is 9.72 Å². The Bertz CT molecular complexity index is 453. The van der Waals surface area contributed by atoms with Gasteiger partial charge in [0, 0.05) is 23.3 Å². The first kappa shape index (κ1) is 13.5. The molecule has 2 rings (SSSR count).